The molecule has 0 atom stereocenters. The number of ether oxygens (including phenoxy) is 1. The average molecular weight is 410 g/mol. The Kier molecular flexibility index (Phi) is 5.47. The number of halogens is 2. The lowest BCUT2D eigenvalue weighted by molar-refractivity contribution is -0.129. The Labute approximate surface area is 138 Å². The van der Waals surface area contributed by atoms with Crippen molar-refractivity contribution in [3.8, 4) is 5.75 Å². The molecule has 0 radical (unpaired) electrons. The first-order chi connectivity index (χ1) is 10.1. The topological polar surface area (TPSA) is 43.4 Å². The molecule has 0 aliphatic heterocycles. The number of carbonyl (C=O) groups is 2. The van der Waals surface area contributed by atoms with Gasteiger partial charge in [-0.05, 0) is 55.6 Å². The average Bonchev–Trinajstić information content (AvgIpc) is 2.49. The van der Waals surface area contributed by atoms with E-state index >= 15 is 0 Å². The van der Waals surface area contributed by atoms with Crippen LogP contribution < -0.4 is 4.74 Å². The minimum atomic E-state index is -0.501. The first kappa shape index (κ1) is 15.7. The molecule has 2 rings (SSSR count). The molecule has 0 spiro atoms. The molecule has 0 N–H and O–H groups in total. The molecular formula is C16H10Br2O3. The summed E-state index contributed by atoms with van der Waals surface area (Å²) in [4.78, 5) is 22.6. The molecule has 5 heteroatoms. The quantitative estimate of drug-likeness (QED) is 0.319. The van der Waals surface area contributed by atoms with Crippen molar-refractivity contribution in [2.24, 2.45) is 0 Å². The molecule has 0 bridgehead atoms. The van der Waals surface area contributed by atoms with Crippen molar-refractivity contribution in [1.82, 2.24) is 0 Å². The molecule has 3 nitrogen and oxygen atoms in total. The van der Waals surface area contributed by atoms with Crippen LogP contribution in [0.15, 0.2) is 57.5 Å². The van der Waals surface area contributed by atoms with Gasteiger partial charge in [0.1, 0.15) is 6.29 Å². The van der Waals surface area contributed by atoms with Crippen LogP contribution in [-0.2, 0) is 4.79 Å². The molecule has 21 heavy (non-hydrogen) atoms. The van der Waals surface area contributed by atoms with E-state index in [1.54, 1.807) is 18.2 Å². The molecule has 0 unspecified atom stereocenters. The first-order valence-electron chi connectivity index (χ1n) is 5.99. The molecule has 0 saturated heterocycles. The summed E-state index contributed by atoms with van der Waals surface area (Å²) in [5.41, 5.74) is 1.39. The number of hydrogen-bond acceptors (Lipinski definition) is 3. The molecule has 0 saturated carbocycles. The maximum Gasteiger partial charge on any atom is 0.336 e. The summed E-state index contributed by atoms with van der Waals surface area (Å²) in [5.74, 6) is -0.164. The molecule has 2 aromatic rings. The summed E-state index contributed by atoms with van der Waals surface area (Å²) < 4.78 is 6.32. The number of carbonyl (C=O) groups excluding carboxylic acids is 2. The lowest BCUT2D eigenvalue weighted by Crippen LogP contribution is -2.05. The highest BCUT2D eigenvalue weighted by molar-refractivity contribution is 9.11. The maximum atomic E-state index is 11.8. The monoisotopic (exact) mass is 408 g/mol. The van der Waals surface area contributed by atoms with Gasteiger partial charge in [-0.15, -0.1) is 0 Å². The lowest BCUT2D eigenvalue weighted by atomic mass is 10.2. The number of rotatable bonds is 4. The zero-order valence-electron chi connectivity index (χ0n) is 10.8. The summed E-state index contributed by atoms with van der Waals surface area (Å²) >= 11 is 6.55. The van der Waals surface area contributed by atoms with E-state index in [0.717, 1.165) is 11.8 Å². The highest BCUT2D eigenvalue weighted by Crippen LogP contribution is 2.34. The minimum absolute atomic E-state index is 0.336. The van der Waals surface area contributed by atoms with Crippen LogP contribution >= 0.6 is 31.9 Å². The Balaban J connectivity index is 2.13. The Morgan fingerprint density at radius 1 is 1.00 bits per heavy atom. The maximum absolute atomic E-state index is 11.8. The molecule has 0 heterocycles. The fourth-order valence-corrected chi connectivity index (χ4v) is 2.99. The summed E-state index contributed by atoms with van der Waals surface area (Å²) in [6.07, 6.45) is 3.74. The minimum Gasteiger partial charge on any atom is -0.421 e. The number of esters is 1. The largest absolute Gasteiger partial charge is 0.421 e. The molecular weight excluding hydrogens is 400 g/mol. The van der Waals surface area contributed by atoms with Crippen LogP contribution in [0.3, 0.4) is 0 Å². The molecule has 106 valence electrons. The van der Waals surface area contributed by atoms with Gasteiger partial charge in [0.2, 0.25) is 0 Å². The fourth-order valence-electron chi connectivity index (χ4n) is 1.61. The van der Waals surface area contributed by atoms with Crippen molar-refractivity contribution in [3.05, 3.63) is 68.6 Å². The third-order valence-corrected chi connectivity index (χ3v) is 3.75. The third-order valence-electron chi connectivity index (χ3n) is 2.57. The Morgan fingerprint density at radius 3 is 2.19 bits per heavy atom. The normalized spacial score (nSPS) is 10.6. The van der Waals surface area contributed by atoms with Gasteiger partial charge in [-0.25, -0.2) is 4.79 Å². The predicted molar refractivity (Wildman–Crippen MR) is 88.3 cm³/mol. The van der Waals surface area contributed by atoms with Crippen molar-refractivity contribution >= 4 is 50.2 Å². The summed E-state index contributed by atoms with van der Waals surface area (Å²) in [6, 6.07) is 12.6. The first-order valence-corrected chi connectivity index (χ1v) is 7.58. The Bertz CT molecular complexity index is 671. The van der Waals surface area contributed by atoms with Crippen molar-refractivity contribution in [2.75, 3.05) is 0 Å². The number of benzene rings is 2. The van der Waals surface area contributed by atoms with Crippen molar-refractivity contribution in [2.45, 2.75) is 0 Å². The molecule has 0 amide bonds. The molecule has 0 fully saturated rings. The summed E-state index contributed by atoms with van der Waals surface area (Å²) in [5, 5.41) is 0. The molecule has 0 aliphatic rings. The molecule has 0 aromatic heterocycles. The van der Waals surface area contributed by atoms with Crippen molar-refractivity contribution < 1.29 is 14.3 Å². The highest BCUT2D eigenvalue weighted by Gasteiger charge is 2.11. The van der Waals surface area contributed by atoms with Crippen LogP contribution in [0.4, 0.5) is 0 Å². The second-order valence-electron chi connectivity index (χ2n) is 4.10. The van der Waals surface area contributed by atoms with Crippen LogP contribution in [0.1, 0.15) is 15.9 Å². The molecule has 2 aromatic carbocycles. The van der Waals surface area contributed by atoms with Crippen LogP contribution in [0.5, 0.6) is 5.75 Å². The van der Waals surface area contributed by atoms with Gasteiger partial charge in [-0.1, -0.05) is 30.3 Å². The van der Waals surface area contributed by atoms with Crippen molar-refractivity contribution in [1.29, 1.82) is 0 Å². The van der Waals surface area contributed by atoms with E-state index in [9.17, 15) is 9.59 Å². The van der Waals surface area contributed by atoms with Gasteiger partial charge < -0.3 is 4.74 Å². The smallest absolute Gasteiger partial charge is 0.336 e. The Morgan fingerprint density at radius 2 is 1.62 bits per heavy atom. The second kappa shape index (κ2) is 7.33. The van der Waals surface area contributed by atoms with E-state index < -0.39 is 5.97 Å². The number of aldehydes is 1. The van der Waals surface area contributed by atoms with Gasteiger partial charge in [0.25, 0.3) is 0 Å². The van der Waals surface area contributed by atoms with Crippen LogP contribution in [0.25, 0.3) is 6.08 Å². The van der Waals surface area contributed by atoms with Gasteiger partial charge in [0.05, 0.1) is 8.95 Å². The van der Waals surface area contributed by atoms with E-state index in [0.29, 0.717) is 20.3 Å². The second-order valence-corrected chi connectivity index (χ2v) is 5.81. The van der Waals surface area contributed by atoms with Crippen LogP contribution in [-0.4, -0.2) is 12.3 Å². The number of hydrogen-bond donors (Lipinski definition) is 0. The summed E-state index contributed by atoms with van der Waals surface area (Å²) in [6.45, 7) is 0. The van der Waals surface area contributed by atoms with Gasteiger partial charge in [0.15, 0.2) is 5.75 Å². The lowest BCUT2D eigenvalue weighted by Gasteiger charge is -2.07. The molecule has 0 aliphatic carbocycles. The van der Waals surface area contributed by atoms with E-state index in [2.05, 4.69) is 31.9 Å². The zero-order valence-corrected chi connectivity index (χ0v) is 13.9. The third kappa shape index (κ3) is 4.37. The zero-order chi connectivity index (χ0) is 15.2. The Hall–Kier alpha value is -1.72. The van der Waals surface area contributed by atoms with Gasteiger partial charge in [0, 0.05) is 11.6 Å². The van der Waals surface area contributed by atoms with Crippen LogP contribution in [0.2, 0.25) is 0 Å². The predicted octanol–water partition coefficient (Wildman–Crippen LogP) is 4.64. The van der Waals surface area contributed by atoms with Gasteiger partial charge in [-0.3, -0.25) is 4.79 Å². The highest BCUT2D eigenvalue weighted by atomic mass is 79.9. The standard InChI is InChI=1S/C16H10Br2O3/c17-13-8-12(10-19)9-14(18)16(13)21-15(20)7-6-11-4-2-1-3-5-11/h1-10H/b7-6+. The van der Waals surface area contributed by atoms with Crippen LogP contribution in [0, 0.1) is 0 Å². The van der Waals surface area contributed by atoms with E-state index in [1.807, 2.05) is 30.3 Å². The van der Waals surface area contributed by atoms with E-state index in [1.165, 1.54) is 6.08 Å². The van der Waals surface area contributed by atoms with Gasteiger partial charge >= 0.3 is 5.97 Å². The van der Waals surface area contributed by atoms with Crippen molar-refractivity contribution in [3.63, 3.8) is 0 Å². The van der Waals surface area contributed by atoms with Gasteiger partial charge in [-0.2, -0.15) is 0 Å². The van der Waals surface area contributed by atoms with E-state index in [-0.39, 0.29) is 0 Å². The fraction of sp³-hybridized carbons (Fsp3) is 0. The SMILES string of the molecule is O=Cc1cc(Br)c(OC(=O)/C=C/c2ccccc2)c(Br)c1. The van der Waals surface area contributed by atoms with E-state index in [4.69, 9.17) is 4.74 Å². The summed E-state index contributed by atoms with van der Waals surface area (Å²) in [7, 11) is 0.